The molecule has 2 unspecified atom stereocenters. The lowest BCUT2D eigenvalue weighted by Gasteiger charge is -2.17. The lowest BCUT2D eigenvalue weighted by molar-refractivity contribution is 0.304. The third-order valence-electron chi connectivity index (χ3n) is 5.31. The number of nitrogens with one attached hydrogen (secondary N) is 2. The maximum Gasteiger partial charge on any atom is 0.00900 e. The van der Waals surface area contributed by atoms with Crippen molar-refractivity contribution in [2.75, 3.05) is 39.8 Å². The standard InChI is InChI=1S/C7H15N.2C6H13N.C2H6/c1-3-7-5-4-6-8(7)2;1-6-2-4-7-5-3-6;1-6-3-2-4-7-5-6;1-2/h7H,3-6H2,1-2H3;2*6-7H,2-5H2,1H3;1-2H3. The number of hydrogen-bond acceptors (Lipinski definition) is 3. The average Bonchev–Trinajstić information content (AvgIpc) is 3.04. The molecule has 3 fully saturated rings. The lowest BCUT2D eigenvalue weighted by atomic mass is 10.0. The molecule has 3 heterocycles. The van der Waals surface area contributed by atoms with E-state index in [1.54, 1.807) is 0 Å². The number of hydrogen-bond donors (Lipinski definition) is 2. The van der Waals surface area contributed by atoms with Crippen LogP contribution in [0.4, 0.5) is 0 Å². The van der Waals surface area contributed by atoms with E-state index in [0.29, 0.717) is 0 Å². The summed E-state index contributed by atoms with van der Waals surface area (Å²) >= 11 is 0. The van der Waals surface area contributed by atoms with Crippen LogP contribution in [0, 0.1) is 11.8 Å². The first-order valence-corrected chi connectivity index (χ1v) is 10.7. The van der Waals surface area contributed by atoms with E-state index in [0.717, 1.165) is 17.9 Å². The summed E-state index contributed by atoms with van der Waals surface area (Å²) in [5.41, 5.74) is 0. The fraction of sp³-hybridized carbons (Fsp3) is 1.00. The Bertz CT molecular complexity index is 229. The molecular formula is C21H47N3. The molecule has 2 N–H and O–H groups in total. The summed E-state index contributed by atoms with van der Waals surface area (Å²) in [6, 6.07) is 0.898. The Morgan fingerprint density at radius 3 is 1.75 bits per heavy atom. The van der Waals surface area contributed by atoms with Gasteiger partial charge < -0.3 is 15.5 Å². The van der Waals surface area contributed by atoms with E-state index in [2.05, 4.69) is 43.4 Å². The second-order valence-electron chi connectivity index (χ2n) is 7.57. The molecule has 0 aromatic carbocycles. The lowest BCUT2D eigenvalue weighted by Crippen LogP contribution is -2.27. The number of likely N-dealkylation sites (tertiary alicyclic amines) is 1. The highest BCUT2D eigenvalue weighted by atomic mass is 15.1. The van der Waals surface area contributed by atoms with E-state index in [-0.39, 0.29) is 0 Å². The fourth-order valence-corrected chi connectivity index (χ4v) is 3.49. The van der Waals surface area contributed by atoms with Gasteiger partial charge >= 0.3 is 0 Å². The smallest absolute Gasteiger partial charge is 0.00900 e. The number of piperidine rings is 2. The molecule has 0 radical (unpaired) electrons. The van der Waals surface area contributed by atoms with E-state index in [4.69, 9.17) is 0 Å². The Balaban J connectivity index is 0.000000315. The van der Waals surface area contributed by atoms with Crippen LogP contribution in [-0.2, 0) is 0 Å². The Morgan fingerprint density at radius 2 is 1.50 bits per heavy atom. The van der Waals surface area contributed by atoms with Gasteiger partial charge in [-0.3, -0.25) is 0 Å². The van der Waals surface area contributed by atoms with Gasteiger partial charge in [-0.05, 0) is 96.6 Å². The van der Waals surface area contributed by atoms with Gasteiger partial charge in [0.05, 0.1) is 0 Å². The van der Waals surface area contributed by atoms with Crippen molar-refractivity contribution in [3.63, 3.8) is 0 Å². The molecule has 0 amide bonds. The van der Waals surface area contributed by atoms with Gasteiger partial charge in [0.2, 0.25) is 0 Å². The third-order valence-corrected chi connectivity index (χ3v) is 5.31. The van der Waals surface area contributed by atoms with Crippen molar-refractivity contribution in [2.24, 2.45) is 11.8 Å². The predicted octanol–water partition coefficient (Wildman–Crippen LogP) is 4.53. The Morgan fingerprint density at radius 1 is 0.833 bits per heavy atom. The second kappa shape index (κ2) is 16.4. The molecule has 3 aliphatic heterocycles. The molecule has 0 saturated carbocycles. The van der Waals surface area contributed by atoms with E-state index in [1.807, 2.05) is 13.8 Å². The van der Waals surface area contributed by atoms with E-state index < -0.39 is 0 Å². The Hall–Kier alpha value is -0.120. The highest BCUT2D eigenvalue weighted by Gasteiger charge is 2.17. The molecule has 0 bridgehead atoms. The van der Waals surface area contributed by atoms with Crippen molar-refractivity contribution < 1.29 is 0 Å². The zero-order valence-corrected chi connectivity index (χ0v) is 17.7. The molecule has 2 atom stereocenters. The number of nitrogens with zero attached hydrogens (tertiary/aromatic N) is 1. The van der Waals surface area contributed by atoms with Gasteiger partial charge in [0.1, 0.15) is 0 Å². The average molecular weight is 342 g/mol. The van der Waals surface area contributed by atoms with Gasteiger partial charge in [0, 0.05) is 6.04 Å². The molecule has 24 heavy (non-hydrogen) atoms. The van der Waals surface area contributed by atoms with Gasteiger partial charge in [-0.15, -0.1) is 0 Å². The van der Waals surface area contributed by atoms with Crippen molar-refractivity contribution >= 4 is 0 Å². The Kier molecular flexibility index (Phi) is 16.3. The molecule has 0 aliphatic carbocycles. The van der Waals surface area contributed by atoms with Crippen LogP contribution in [0.2, 0.25) is 0 Å². The summed E-state index contributed by atoms with van der Waals surface area (Å²) in [6.07, 6.45) is 9.71. The molecule has 3 rings (SSSR count). The van der Waals surface area contributed by atoms with Gasteiger partial charge in [0.25, 0.3) is 0 Å². The summed E-state index contributed by atoms with van der Waals surface area (Å²) in [4.78, 5) is 2.46. The van der Waals surface area contributed by atoms with E-state index in [9.17, 15) is 0 Å². The number of rotatable bonds is 1. The van der Waals surface area contributed by atoms with Crippen molar-refractivity contribution in [3.05, 3.63) is 0 Å². The third kappa shape index (κ3) is 12.3. The minimum Gasteiger partial charge on any atom is -0.317 e. The highest BCUT2D eigenvalue weighted by Crippen LogP contribution is 2.16. The van der Waals surface area contributed by atoms with Crippen LogP contribution in [0.25, 0.3) is 0 Å². The molecule has 3 heteroatoms. The van der Waals surface area contributed by atoms with Crippen LogP contribution in [-0.4, -0.2) is 50.7 Å². The molecule has 3 nitrogen and oxygen atoms in total. The largest absolute Gasteiger partial charge is 0.317 e. The van der Waals surface area contributed by atoms with Crippen LogP contribution in [0.3, 0.4) is 0 Å². The quantitative estimate of drug-likeness (QED) is 0.734. The molecule has 3 aliphatic rings. The summed E-state index contributed by atoms with van der Waals surface area (Å²) in [6.45, 7) is 17.2. The molecular weight excluding hydrogens is 294 g/mol. The SMILES string of the molecule is CC.CC1CCCNC1.CC1CCNCC1.CCC1CCCN1C. The molecule has 0 spiro atoms. The zero-order chi connectivity index (χ0) is 18.2. The molecule has 146 valence electrons. The maximum atomic E-state index is 3.33. The van der Waals surface area contributed by atoms with Gasteiger partial charge in [-0.25, -0.2) is 0 Å². The zero-order valence-electron chi connectivity index (χ0n) is 17.7. The minimum absolute atomic E-state index is 0.898. The summed E-state index contributed by atoms with van der Waals surface area (Å²) in [7, 11) is 2.22. The van der Waals surface area contributed by atoms with E-state index in [1.165, 1.54) is 77.7 Å². The minimum atomic E-state index is 0.898. The first-order valence-electron chi connectivity index (χ1n) is 10.7. The van der Waals surface area contributed by atoms with Gasteiger partial charge in [0.15, 0.2) is 0 Å². The summed E-state index contributed by atoms with van der Waals surface area (Å²) < 4.78 is 0. The second-order valence-corrected chi connectivity index (χ2v) is 7.57. The van der Waals surface area contributed by atoms with Crippen LogP contribution in [0.5, 0.6) is 0 Å². The maximum absolute atomic E-state index is 3.33. The molecule has 3 saturated heterocycles. The molecule has 0 aromatic rings. The first-order chi connectivity index (χ1) is 11.6. The van der Waals surface area contributed by atoms with Gasteiger partial charge in [-0.2, -0.15) is 0 Å². The monoisotopic (exact) mass is 341 g/mol. The predicted molar refractivity (Wildman–Crippen MR) is 110 cm³/mol. The van der Waals surface area contributed by atoms with Gasteiger partial charge in [-0.1, -0.05) is 34.6 Å². The van der Waals surface area contributed by atoms with Crippen LogP contribution in [0.1, 0.15) is 79.6 Å². The molecule has 0 aromatic heterocycles. The van der Waals surface area contributed by atoms with Crippen LogP contribution >= 0.6 is 0 Å². The van der Waals surface area contributed by atoms with Crippen LogP contribution < -0.4 is 10.6 Å². The normalized spacial score (nSPS) is 27.8. The first kappa shape index (κ1) is 23.9. The highest BCUT2D eigenvalue weighted by molar-refractivity contribution is 4.73. The summed E-state index contributed by atoms with van der Waals surface area (Å²) in [5.74, 6) is 1.90. The van der Waals surface area contributed by atoms with Crippen molar-refractivity contribution in [1.82, 2.24) is 15.5 Å². The van der Waals surface area contributed by atoms with Crippen LogP contribution in [0.15, 0.2) is 0 Å². The van der Waals surface area contributed by atoms with Crippen molar-refractivity contribution in [1.29, 1.82) is 0 Å². The topological polar surface area (TPSA) is 27.3 Å². The van der Waals surface area contributed by atoms with E-state index >= 15 is 0 Å². The Labute approximate surface area is 153 Å². The van der Waals surface area contributed by atoms with Crippen molar-refractivity contribution in [3.8, 4) is 0 Å². The fourth-order valence-electron chi connectivity index (χ4n) is 3.49. The summed E-state index contributed by atoms with van der Waals surface area (Å²) in [5, 5.41) is 6.65. The van der Waals surface area contributed by atoms with Crippen molar-refractivity contribution in [2.45, 2.75) is 85.6 Å².